The molecule has 1 aliphatic rings. The van der Waals surface area contributed by atoms with Crippen LogP contribution >= 0.6 is 0 Å². The number of benzene rings is 1. The highest BCUT2D eigenvalue weighted by atomic mass is 16.3. The van der Waals surface area contributed by atoms with Crippen molar-refractivity contribution in [2.75, 3.05) is 25.4 Å². The van der Waals surface area contributed by atoms with E-state index in [9.17, 15) is 10.2 Å². The second-order valence-corrected chi connectivity index (χ2v) is 5.01. The topological polar surface area (TPSA) is 69.7 Å². The number of nitrogens with zero attached hydrogens (tertiary/aromatic N) is 1. The van der Waals surface area contributed by atoms with Crippen LogP contribution in [0.3, 0.4) is 0 Å². The van der Waals surface area contributed by atoms with Gasteiger partial charge in [0.2, 0.25) is 0 Å². The van der Waals surface area contributed by atoms with Crippen LogP contribution in [-0.4, -0.2) is 40.9 Å². The maximum Gasteiger partial charge on any atom is 0.0917 e. The molecule has 4 nitrogen and oxygen atoms in total. The fourth-order valence-corrected chi connectivity index (χ4v) is 2.60. The summed E-state index contributed by atoms with van der Waals surface area (Å²) in [6.45, 7) is 1.68. The number of likely N-dealkylation sites (tertiary alicyclic amines) is 1. The van der Waals surface area contributed by atoms with Crippen molar-refractivity contribution < 1.29 is 10.2 Å². The molecule has 2 rings (SSSR count). The van der Waals surface area contributed by atoms with Gasteiger partial charge in [-0.25, -0.2) is 0 Å². The van der Waals surface area contributed by atoms with Crippen molar-refractivity contribution in [1.82, 2.24) is 4.90 Å². The molecule has 2 unspecified atom stereocenters. The highest BCUT2D eigenvalue weighted by Crippen LogP contribution is 2.22. The number of piperidine rings is 1. The van der Waals surface area contributed by atoms with Gasteiger partial charge in [-0.1, -0.05) is 18.6 Å². The molecule has 0 aromatic heterocycles. The van der Waals surface area contributed by atoms with E-state index in [1.54, 1.807) is 0 Å². The molecule has 2 atom stereocenters. The smallest absolute Gasteiger partial charge is 0.0917 e. The summed E-state index contributed by atoms with van der Waals surface area (Å²) >= 11 is 0. The molecule has 0 radical (unpaired) electrons. The average molecular weight is 250 g/mol. The average Bonchev–Trinajstić information content (AvgIpc) is 2.39. The second kappa shape index (κ2) is 6.18. The van der Waals surface area contributed by atoms with Crippen molar-refractivity contribution >= 4 is 5.69 Å². The molecular formula is C14H22N2O2. The molecule has 1 fully saturated rings. The fraction of sp³-hybridized carbons (Fsp3) is 0.571. The largest absolute Gasteiger partial charge is 0.399 e. The Morgan fingerprint density at radius 2 is 2.22 bits per heavy atom. The third-order valence-corrected chi connectivity index (χ3v) is 3.66. The molecule has 1 aromatic rings. The molecule has 4 heteroatoms. The van der Waals surface area contributed by atoms with E-state index >= 15 is 0 Å². The summed E-state index contributed by atoms with van der Waals surface area (Å²) in [4.78, 5) is 2.18. The Morgan fingerprint density at radius 1 is 1.39 bits per heavy atom. The quantitative estimate of drug-likeness (QED) is 0.701. The summed E-state index contributed by atoms with van der Waals surface area (Å²) < 4.78 is 0. The molecule has 1 heterocycles. The first kappa shape index (κ1) is 13.3. The van der Waals surface area contributed by atoms with Gasteiger partial charge in [-0.3, -0.25) is 4.90 Å². The third-order valence-electron chi connectivity index (χ3n) is 3.66. The fourth-order valence-electron chi connectivity index (χ4n) is 2.60. The minimum absolute atomic E-state index is 0.170. The molecule has 0 spiro atoms. The van der Waals surface area contributed by atoms with Gasteiger partial charge in [0.25, 0.3) is 0 Å². The maximum absolute atomic E-state index is 10.2. The maximum atomic E-state index is 10.2. The van der Waals surface area contributed by atoms with Crippen LogP contribution in [0.2, 0.25) is 0 Å². The number of anilines is 1. The van der Waals surface area contributed by atoms with E-state index < -0.39 is 6.10 Å². The lowest BCUT2D eigenvalue weighted by Gasteiger charge is -2.35. The van der Waals surface area contributed by atoms with Gasteiger partial charge in [0.15, 0.2) is 0 Å². The molecule has 1 saturated heterocycles. The second-order valence-electron chi connectivity index (χ2n) is 5.01. The summed E-state index contributed by atoms with van der Waals surface area (Å²) in [5.41, 5.74) is 7.23. The van der Waals surface area contributed by atoms with Gasteiger partial charge in [-0.15, -0.1) is 0 Å². The Labute approximate surface area is 108 Å². The van der Waals surface area contributed by atoms with Crippen molar-refractivity contribution in [2.45, 2.75) is 31.4 Å². The summed E-state index contributed by atoms with van der Waals surface area (Å²) in [7, 11) is 0. The predicted molar refractivity (Wildman–Crippen MR) is 72.1 cm³/mol. The van der Waals surface area contributed by atoms with E-state index in [0.29, 0.717) is 12.2 Å². The van der Waals surface area contributed by atoms with E-state index in [0.717, 1.165) is 31.4 Å². The standard InChI is InChI=1S/C14H22N2O2/c15-12-5-3-4-11(8-12)14(18)9-16-7-2-1-6-13(16)10-17/h3-5,8,13-14,17-18H,1-2,6-7,9-10,15H2. The first-order chi connectivity index (χ1) is 8.70. The zero-order chi connectivity index (χ0) is 13.0. The normalized spacial score (nSPS) is 22.9. The number of hydrogen-bond acceptors (Lipinski definition) is 4. The number of nitrogen functional groups attached to an aromatic ring is 1. The van der Waals surface area contributed by atoms with Gasteiger partial charge < -0.3 is 15.9 Å². The molecule has 0 amide bonds. The molecule has 1 aromatic carbocycles. The lowest BCUT2D eigenvalue weighted by Crippen LogP contribution is -2.43. The van der Waals surface area contributed by atoms with Crippen LogP contribution in [0.1, 0.15) is 30.9 Å². The van der Waals surface area contributed by atoms with Crippen LogP contribution in [0.5, 0.6) is 0 Å². The first-order valence-corrected chi connectivity index (χ1v) is 6.59. The number of aliphatic hydroxyl groups is 2. The molecule has 18 heavy (non-hydrogen) atoms. The number of β-amino-alcohol motifs (C(OH)–C–C–N with tert-alkyl or cyclic N) is 1. The van der Waals surface area contributed by atoms with Gasteiger partial charge in [-0.05, 0) is 37.1 Å². The predicted octanol–water partition coefficient (Wildman–Crippen LogP) is 1.15. The zero-order valence-corrected chi connectivity index (χ0v) is 10.6. The Hall–Kier alpha value is -1.10. The van der Waals surface area contributed by atoms with Crippen molar-refractivity contribution in [3.05, 3.63) is 29.8 Å². The summed E-state index contributed by atoms with van der Waals surface area (Å²) in [5.74, 6) is 0. The Morgan fingerprint density at radius 3 is 2.94 bits per heavy atom. The van der Waals surface area contributed by atoms with Crippen LogP contribution < -0.4 is 5.73 Å². The number of rotatable bonds is 4. The van der Waals surface area contributed by atoms with Gasteiger partial charge in [0.05, 0.1) is 12.7 Å². The summed E-state index contributed by atoms with van der Waals surface area (Å²) in [6.07, 6.45) is 2.77. The van der Waals surface area contributed by atoms with Crippen LogP contribution in [0.4, 0.5) is 5.69 Å². The van der Waals surface area contributed by atoms with E-state index in [1.807, 2.05) is 24.3 Å². The molecular weight excluding hydrogens is 228 g/mol. The van der Waals surface area contributed by atoms with E-state index in [2.05, 4.69) is 4.90 Å². The van der Waals surface area contributed by atoms with Gasteiger partial charge in [0, 0.05) is 18.3 Å². The van der Waals surface area contributed by atoms with Crippen LogP contribution in [0.25, 0.3) is 0 Å². The minimum atomic E-state index is -0.541. The highest BCUT2D eigenvalue weighted by molar-refractivity contribution is 5.41. The van der Waals surface area contributed by atoms with Crippen molar-refractivity contribution in [3.63, 3.8) is 0 Å². The zero-order valence-electron chi connectivity index (χ0n) is 10.6. The van der Waals surface area contributed by atoms with Gasteiger partial charge in [-0.2, -0.15) is 0 Å². The first-order valence-electron chi connectivity index (χ1n) is 6.59. The third kappa shape index (κ3) is 3.22. The summed E-state index contributed by atoms with van der Waals surface area (Å²) in [5, 5.41) is 19.6. The molecule has 0 saturated carbocycles. The van der Waals surface area contributed by atoms with E-state index in [1.165, 1.54) is 0 Å². The van der Waals surface area contributed by atoms with Crippen molar-refractivity contribution in [2.24, 2.45) is 0 Å². The van der Waals surface area contributed by atoms with Crippen molar-refractivity contribution in [3.8, 4) is 0 Å². The lowest BCUT2D eigenvalue weighted by atomic mass is 10.0. The molecule has 1 aliphatic heterocycles. The van der Waals surface area contributed by atoms with Gasteiger partial charge in [0.1, 0.15) is 0 Å². The SMILES string of the molecule is Nc1cccc(C(O)CN2CCCCC2CO)c1. The number of hydrogen-bond donors (Lipinski definition) is 3. The van der Waals surface area contributed by atoms with Gasteiger partial charge >= 0.3 is 0 Å². The van der Waals surface area contributed by atoms with E-state index in [4.69, 9.17) is 5.73 Å². The Kier molecular flexibility index (Phi) is 4.58. The van der Waals surface area contributed by atoms with E-state index in [-0.39, 0.29) is 12.6 Å². The van der Waals surface area contributed by atoms with Crippen LogP contribution in [0.15, 0.2) is 24.3 Å². The monoisotopic (exact) mass is 250 g/mol. The lowest BCUT2D eigenvalue weighted by molar-refractivity contribution is 0.0417. The summed E-state index contributed by atoms with van der Waals surface area (Å²) in [6, 6.07) is 7.55. The number of nitrogens with two attached hydrogens (primary N) is 1. The molecule has 4 N–H and O–H groups in total. The Bertz CT molecular complexity index is 384. The molecule has 0 aliphatic carbocycles. The Balaban J connectivity index is 1.99. The molecule has 100 valence electrons. The highest BCUT2D eigenvalue weighted by Gasteiger charge is 2.24. The molecule has 0 bridgehead atoms. The minimum Gasteiger partial charge on any atom is -0.399 e. The van der Waals surface area contributed by atoms with Crippen molar-refractivity contribution in [1.29, 1.82) is 0 Å². The number of aliphatic hydroxyl groups excluding tert-OH is 2. The van der Waals surface area contributed by atoms with Crippen LogP contribution in [0, 0.1) is 0 Å². The van der Waals surface area contributed by atoms with Crippen LogP contribution in [-0.2, 0) is 0 Å².